The summed E-state index contributed by atoms with van der Waals surface area (Å²) in [4.78, 5) is 45.5. The van der Waals surface area contributed by atoms with E-state index in [1.54, 1.807) is 17.0 Å². The van der Waals surface area contributed by atoms with Gasteiger partial charge in [0.25, 0.3) is 0 Å². The van der Waals surface area contributed by atoms with Crippen LogP contribution in [0.4, 0.5) is 4.39 Å². The zero-order valence-corrected chi connectivity index (χ0v) is 18.5. The summed E-state index contributed by atoms with van der Waals surface area (Å²) >= 11 is 0. The summed E-state index contributed by atoms with van der Waals surface area (Å²) in [6.07, 6.45) is 3.44. The molecule has 6 nitrogen and oxygen atoms in total. The third kappa shape index (κ3) is 4.12. The van der Waals surface area contributed by atoms with Gasteiger partial charge in [-0.3, -0.25) is 24.2 Å². The maximum absolute atomic E-state index is 14.1. The molecule has 168 valence electrons. The second kappa shape index (κ2) is 8.69. The summed E-state index contributed by atoms with van der Waals surface area (Å²) in [7, 11) is 0. The highest BCUT2D eigenvalue weighted by Gasteiger charge is 2.56. The first-order valence-corrected chi connectivity index (χ1v) is 11.5. The zero-order valence-electron chi connectivity index (χ0n) is 18.5. The standard InChI is InChI=1S/C24H32FN3O3/c1-17(2)26-10-12-27(13-11-26)21(29)15-24(18-6-5-7-19(25)14-18)16-22(30)28(23(24)31)20-8-3-4-9-20/h5-7,14,17,20H,3-4,8-13,15-16H2,1-2H3/t24-/m1/s1. The molecule has 3 fully saturated rings. The molecule has 0 aromatic heterocycles. The van der Waals surface area contributed by atoms with Crippen LogP contribution in [0.25, 0.3) is 0 Å². The van der Waals surface area contributed by atoms with Crippen molar-refractivity contribution in [3.63, 3.8) is 0 Å². The molecule has 1 saturated carbocycles. The largest absolute Gasteiger partial charge is 0.340 e. The lowest BCUT2D eigenvalue weighted by Gasteiger charge is -2.38. The summed E-state index contributed by atoms with van der Waals surface area (Å²) in [6, 6.07) is 6.18. The highest BCUT2D eigenvalue weighted by molar-refractivity contribution is 6.11. The highest BCUT2D eigenvalue weighted by atomic mass is 19.1. The van der Waals surface area contributed by atoms with Crippen molar-refractivity contribution in [3.8, 4) is 0 Å². The zero-order chi connectivity index (χ0) is 22.2. The first-order valence-electron chi connectivity index (χ1n) is 11.5. The fourth-order valence-corrected chi connectivity index (χ4v) is 5.40. The molecule has 1 atom stereocenters. The number of carbonyl (C=O) groups is 3. The molecule has 3 amide bonds. The van der Waals surface area contributed by atoms with Crippen molar-refractivity contribution in [2.24, 2.45) is 0 Å². The predicted octanol–water partition coefficient (Wildman–Crippen LogP) is 2.71. The predicted molar refractivity (Wildman–Crippen MR) is 115 cm³/mol. The van der Waals surface area contributed by atoms with E-state index in [4.69, 9.17) is 0 Å². The molecule has 3 aliphatic rings. The molecule has 0 bridgehead atoms. The van der Waals surface area contributed by atoms with Gasteiger partial charge in [-0.25, -0.2) is 4.39 Å². The van der Waals surface area contributed by atoms with Crippen molar-refractivity contribution in [1.82, 2.24) is 14.7 Å². The van der Waals surface area contributed by atoms with Crippen molar-refractivity contribution < 1.29 is 18.8 Å². The van der Waals surface area contributed by atoms with Gasteiger partial charge in [0, 0.05) is 51.1 Å². The normalized spacial score (nSPS) is 25.8. The Bertz CT molecular complexity index is 859. The third-order valence-electron chi connectivity index (χ3n) is 7.27. The first kappa shape index (κ1) is 21.9. The van der Waals surface area contributed by atoms with Crippen molar-refractivity contribution in [2.75, 3.05) is 26.2 Å². The van der Waals surface area contributed by atoms with Gasteiger partial charge in [-0.2, -0.15) is 0 Å². The van der Waals surface area contributed by atoms with Crippen molar-refractivity contribution >= 4 is 17.7 Å². The number of hydrogen-bond donors (Lipinski definition) is 0. The fourth-order valence-electron chi connectivity index (χ4n) is 5.40. The molecule has 0 unspecified atom stereocenters. The van der Waals surface area contributed by atoms with Crippen LogP contribution in [-0.2, 0) is 19.8 Å². The molecule has 0 N–H and O–H groups in total. The van der Waals surface area contributed by atoms with Gasteiger partial charge in [-0.05, 0) is 44.4 Å². The molecule has 7 heteroatoms. The molecule has 2 aliphatic heterocycles. The molecule has 1 aliphatic carbocycles. The van der Waals surface area contributed by atoms with Gasteiger partial charge in [0.15, 0.2) is 0 Å². The van der Waals surface area contributed by atoms with Crippen LogP contribution in [0.15, 0.2) is 24.3 Å². The number of nitrogens with zero attached hydrogens (tertiary/aromatic N) is 3. The minimum Gasteiger partial charge on any atom is -0.340 e. The van der Waals surface area contributed by atoms with Gasteiger partial charge < -0.3 is 4.90 Å². The molecule has 31 heavy (non-hydrogen) atoms. The lowest BCUT2D eigenvalue weighted by molar-refractivity contribution is -0.145. The monoisotopic (exact) mass is 429 g/mol. The van der Waals surface area contributed by atoms with E-state index in [1.165, 1.54) is 17.0 Å². The van der Waals surface area contributed by atoms with E-state index in [0.29, 0.717) is 24.7 Å². The molecular weight excluding hydrogens is 397 g/mol. The van der Waals surface area contributed by atoms with E-state index in [-0.39, 0.29) is 36.6 Å². The molecule has 1 aromatic rings. The fraction of sp³-hybridized carbons (Fsp3) is 0.625. The molecule has 2 saturated heterocycles. The Morgan fingerprint density at radius 2 is 1.81 bits per heavy atom. The molecule has 4 rings (SSSR count). The topological polar surface area (TPSA) is 60.9 Å². The van der Waals surface area contributed by atoms with Gasteiger partial charge in [0.05, 0.1) is 5.41 Å². The summed E-state index contributed by atoms with van der Waals surface area (Å²) < 4.78 is 14.1. The second-order valence-electron chi connectivity index (χ2n) is 9.46. The van der Waals surface area contributed by atoms with Crippen LogP contribution in [0.2, 0.25) is 0 Å². The van der Waals surface area contributed by atoms with Crippen LogP contribution < -0.4 is 0 Å². The number of benzene rings is 1. The van der Waals surface area contributed by atoms with Crippen LogP contribution in [0.1, 0.15) is 57.9 Å². The average molecular weight is 430 g/mol. The summed E-state index contributed by atoms with van der Waals surface area (Å²) in [6.45, 7) is 7.05. The maximum Gasteiger partial charge on any atom is 0.241 e. The summed E-state index contributed by atoms with van der Waals surface area (Å²) in [5.41, 5.74) is -0.880. The van der Waals surface area contributed by atoms with Crippen molar-refractivity contribution in [1.29, 1.82) is 0 Å². The number of piperazine rings is 1. The second-order valence-corrected chi connectivity index (χ2v) is 9.46. The Hall–Kier alpha value is -2.28. The quantitative estimate of drug-likeness (QED) is 0.676. The van der Waals surface area contributed by atoms with Crippen LogP contribution >= 0.6 is 0 Å². The van der Waals surface area contributed by atoms with Crippen molar-refractivity contribution in [2.45, 2.75) is 69.9 Å². The number of halogens is 1. The van der Waals surface area contributed by atoms with Gasteiger partial charge in [0.2, 0.25) is 17.7 Å². The maximum atomic E-state index is 14.1. The number of imide groups is 1. The number of amides is 3. The summed E-state index contributed by atoms with van der Waals surface area (Å²) in [5, 5.41) is 0. The van der Waals surface area contributed by atoms with E-state index in [9.17, 15) is 18.8 Å². The Morgan fingerprint density at radius 1 is 1.13 bits per heavy atom. The number of carbonyl (C=O) groups excluding carboxylic acids is 3. The molecular formula is C24H32FN3O3. The van der Waals surface area contributed by atoms with E-state index in [0.717, 1.165) is 38.8 Å². The van der Waals surface area contributed by atoms with E-state index in [2.05, 4.69) is 18.7 Å². The lowest BCUT2D eigenvalue weighted by atomic mass is 9.75. The smallest absolute Gasteiger partial charge is 0.241 e. The van der Waals surface area contributed by atoms with Gasteiger partial charge in [-0.1, -0.05) is 25.0 Å². The van der Waals surface area contributed by atoms with E-state index < -0.39 is 11.2 Å². The van der Waals surface area contributed by atoms with Crippen LogP contribution in [0, 0.1) is 5.82 Å². The first-order chi connectivity index (χ1) is 14.8. The van der Waals surface area contributed by atoms with Crippen LogP contribution in [-0.4, -0.2) is 70.7 Å². The van der Waals surface area contributed by atoms with Crippen LogP contribution in [0.5, 0.6) is 0 Å². The minimum absolute atomic E-state index is 0.0660. The lowest BCUT2D eigenvalue weighted by Crippen LogP contribution is -2.52. The molecule has 1 aromatic carbocycles. The third-order valence-corrected chi connectivity index (χ3v) is 7.27. The minimum atomic E-state index is -1.31. The van der Waals surface area contributed by atoms with E-state index >= 15 is 0 Å². The Labute approximate surface area is 183 Å². The number of likely N-dealkylation sites (tertiary alicyclic amines) is 1. The summed E-state index contributed by atoms with van der Waals surface area (Å²) in [5.74, 6) is -1.17. The Balaban J connectivity index is 1.61. The molecule has 0 spiro atoms. The average Bonchev–Trinajstić information content (AvgIpc) is 3.35. The van der Waals surface area contributed by atoms with Gasteiger partial charge in [-0.15, -0.1) is 0 Å². The highest BCUT2D eigenvalue weighted by Crippen LogP contribution is 2.43. The van der Waals surface area contributed by atoms with Gasteiger partial charge in [0.1, 0.15) is 5.82 Å². The van der Waals surface area contributed by atoms with Crippen molar-refractivity contribution in [3.05, 3.63) is 35.6 Å². The molecule has 2 heterocycles. The SMILES string of the molecule is CC(C)N1CCN(C(=O)C[C@]2(c3cccc(F)c3)CC(=O)N(C3CCCC3)C2=O)CC1. The van der Waals surface area contributed by atoms with E-state index in [1.807, 2.05) is 0 Å². The Morgan fingerprint density at radius 3 is 2.42 bits per heavy atom. The Kier molecular flexibility index (Phi) is 6.15. The van der Waals surface area contributed by atoms with Gasteiger partial charge >= 0.3 is 0 Å². The number of rotatable bonds is 5. The van der Waals surface area contributed by atoms with Crippen LogP contribution in [0.3, 0.4) is 0 Å². The molecule has 0 radical (unpaired) electrons. The number of hydrogen-bond acceptors (Lipinski definition) is 4.